The number of aliphatic hydroxyl groups is 1. The molecular formula is C13H22F3N3O2. The largest absolute Gasteiger partial charge is 0.391 e. The smallest absolute Gasteiger partial charge is 0.388 e. The molecule has 1 heterocycles. The zero-order chi connectivity index (χ0) is 15.5. The van der Waals surface area contributed by atoms with Gasteiger partial charge in [0, 0.05) is 13.1 Å². The highest BCUT2D eigenvalue weighted by atomic mass is 19.4. The van der Waals surface area contributed by atoms with Crippen molar-refractivity contribution >= 4 is 5.96 Å². The van der Waals surface area contributed by atoms with Crippen LogP contribution in [0, 0.1) is 5.92 Å². The summed E-state index contributed by atoms with van der Waals surface area (Å²) in [6, 6.07) is 0. The van der Waals surface area contributed by atoms with Crippen LogP contribution in [0.15, 0.2) is 4.99 Å². The van der Waals surface area contributed by atoms with Crippen LogP contribution in [0.4, 0.5) is 13.2 Å². The maximum absolute atomic E-state index is 12.8. The average molecular weight is 309 g/mol. The Hall–Kier alpha value is -1.02. The number of alkyl halides is 3. The van der Waals surface area contributed by atoms with E-state index in [1.54, 1.807) is 0 Å². The first-order chi connectivity index (χ1) is 9.80. The van der Waals surface area contributed by atoms with Crippen molar-refractivity contribution in [3.8, 4) is 0 Å². The summed E-state index contributed by atoms with van der Waals surface area (Å²) < 4.78 is 43.5. The number of hydrogen-bond donors (Lipinski definition) is 2. The third kappa shape index (κ3) is 4.47. The Labute approximate surface area is 122 Å². The Morgan fingerprint density at radius 1 is 1.38 bits per heavy atom. The molecule has 8 heteroatoms. The summed E-state index contributed by atoms with van der Waals surface area (Å²) in [5.41, 5.74) is 4.42. The number of nitrogens with zero attached hydrogens (tertiary/aromatic N) is 2. The Bertz CT molecular complexity index is 383. The summed E-state index contributed by atoms with van der Waals surface area (Å²) in [5.74, 6) is -1.18. The predicted octanol–water partition coefficient (Wildman–Crippen LogP) is 1.12. The molecule has 0 radical (unpaired) electrons. The molecule has 1 aliphatic heterocycles. The van der Waals surface area contributed by atoms with Crippen molar-refractivity contribution in [2.24, 2.45) is 16.6 Å². The summed E-state index contributed by atoms with van der Waals surface area (Å²) in [5, 5.41) is 10.3. The van der Waals surface area contributed by atoms with Gasteiger partial charge in [-0.15, -0.1) is 0 Å². The van der Waals surface area contributed by atoms with E-state index in [4.69, 9.17) is 10.5 Å². The normalized spacial score (nSPS) is 32.3. The van der Waals surface area contributed by atoms with Gasteiger partial charge in [0.2, 0.25) is 0 Å². The number of morpholine rings is 1. The summed E-state index contributed by atoms with van der Waals surface area (Å²) in [4.78, 5) is 5.92. The van der Waals surface area contributed by atoms with Crippen LogP contribution in [-0.4, -0.2) is 60.6 Å². The zero-order valence-electron chi connectivity index (χ0n) is 11.9. The van der Waals surface area contributed by atoms with Crippen molar-refractivity contribution in [3.63, 3.8) is 0 Å². The third-order valence-corrected chi connectivity index (χ3v) is 4.15. The fourth-order valence-corrected chi connectivity index (χ4v) is 2.88. The molecule has 0 bridgehead atoms. The minimum Gasteiger partial charge on any atom is -0.388 e. The summed E-state index contributed by atoms with van der Waals surface area (Å²) >= 11 is 0. The molecule has 0 aromatic carbocycles. The molecule has 1 saturated heterocycles. The second-order valence-electron chi connectivity index (χ2n) is 5.83. The highest BCUT2D eigenvalue weighted by Gasteiger charge is 2.46. The first-order valence-electron chi connectivity index (χ1n) is 7.22. The minimum atomic E-state index is -4.26. The minimum absolute atomic E-state index is 0.0778. The lowest BCUT2D eigenvalue weighted by molar-refractivity contribution is -0.199. The Balaban J connectivity index is 1.93. The van der Waals surface area contributed by atoms with Crippen LogP contribution in [0.1, 0.15) is 25.7 Å². The maximum atomic E-state index is 12.8. The van der Waals surface area contributed by atoms with Crippen LogP contribution < -0.4 is 5.73 Å². The van der Waals surface area contributed by atoms with Crippen LogP contribution >= 0.6 is 0 Å². The fraction of sp³-hybridized carbons (Fsp3) is 0.923. The standard InChI is InChI=1S/C13H22F3N3O2/c14-13(15,16)10-2-1-3-12(20,8-10)9-18-11(17)19-4-6-21-7-5-19/h10,20H,1-9H2,(H2,17,18). The van der Waals surface area contributed by atoms with Gasteiger partial charge in [0.25, 0.3) is 0 Å². The zero-order valence-corrected chi connectivity index (χ0v) is 11.9. The molecule has 0 aromatic heterocycles. The van der Waals surface area contributed by atoms with E-state index in [1.165, 1.54) is 0 Å². The molecule has 1 saturated carbocycles. The van der Waals surface area contributed by atoms with Crippen molar-refractivity contribution in [2.45, 2.75) is 37.5 Å². The second-order valence-corrected chi connectivity index (χ2v) is 5.83. The second kappa shape index (κ2) is 6.39. The Kier molecular flexibility index (Phi) is 4.98. The number of ether oxygens (including phenoxy) is 1. The monoisotopic (exact) mass is 309 g/mol. The van der Waals surface area contributed by atoms with Crippen molar-refractivity contribution < 1.29 is 23.0 Å². The third-order valence-electron chi connectivity index (χ3n) is 4.15. The number of guanidine groups is 1. The van der Waals surface area contributed by atoms with E-state index in [0.29, 0.717) is 39.1 Å². The SMILES string of the molecule is NC(=NCC1(O)CCCC(C(F)(F)F)C1)N1CCOCC1. The molecule has 0 amide bonds. The van der Waals surface area contributed by atoms with E-state index >= 15 is 0 Å². The highest BCUT2D eigenvalue weighted by Crippen LogP contribution is 2.41. The van der Waals surface area contributed by atoms with E-state index in [-0.39, 0.29) is 25.3 Å². The van der Waals surface area contributed by atoms with Crippen LogP contribution in [0.3, 0.4) is 0 Å². The number of rotatable bonds is 2. The lowest BCUT2D eigenvalue weighted by Crippen LogP contribution is -2.47. The first-order valence-corrected chi connectivity index (χ1v) is 7.22. The van der Waals surface area contributed by atoms with Crippen molar-refractivity contribution in [2.75, 3.05) is 32.8 Å². The molecule has 2 rings (SSSR count). The van der Waals surface area contributed by atoms with Gasteiger partial charge >= 0.3 is 6.18 Å². The summed E-state index contributed by atoms with van der Waals surface area (Å²) in [6.07, 6.45) is -3.79. The summed E-state index contributed by atoms with van der Waals surface area (Å²) in [7, 11) is 0. The van der Waals surface area contributed by atoms with E-state index in [2.05, 4.69) is 4.99 Å². The molecule has 2 atom stereocenters. The molecule has 1 aliphatic carbocycles. The van der Waals surface area contributed by atoms with Crippen LogP contribution in [0.25, 0.3) is 0 Å². The number of hydrogen-bond acceptors (Lipinski definition) is 3. The van der Waals surface area contributed by atoms with E-state index in [1.807, 2.05) is 4.90 Å². The fourth-order valence-electron chi connectivity index (χ4n) is 2.88. The van der Waals surface area contributed by atoms with E-state index < -0.39 is 17.7 Å². The first kappa shape index (κ1) is 16.4. The molecule has 2 unspecified atom stereocenters. The molecule has 0 aromatic rings. The van der Waals surface area contributed by atoms with Gasteiger partial charge in [0.1, 0.15) is 0 Å². The van der Waals surface area contributed by atoms with E-state index in [9.17, 15) is 18.3 Å². The van der Waals surface area contributed by atoms with Crippen molar-refractivity contribution in [1.82, 2.24) is 4.90 Å². The number of nitrogens with two attached hydrogens (primary N) is 1. The molecule has 2 aliphatic rings. The van der Waals surface area contributed by atoms with Crippen LogP contribution in [0.2, 0.25) is 0 Å². The van der Waals surface area contributed by atoms with Crippen LogP contribution in [0.5, 0.6) is 0 Å². The predicted molar refractivity (Wildman–Crippen MR) is 71.8 cm³/mol. The highest BCUT2D eigenvalue weighted by molar-refractivity contribution is 5.78. The molecule has 3 N–H and O–H groups in total. The van der Waals surface area contributed by atoms with Gasteiger partial charge in [-0.25, -0.2) is 0 Å². The van der Waals surface area contributed by atoms with Crippen molar-refractivity contribution in [3.05, 3.63) is 0 Å². The van der Waals surface area contributed by atoms with Gasteiger partial charge in [-0.1, -0.05) is 0 Å². The molecule has 5 nitrogen and oxygen atoms in total. The van der Waals surface area contributed by atoms with Crippen LogP contribution in [-0.2, 0) is 4.74 Å². The molecule has 21 heavy (non-hydrogen) atoms. The Morgan fingerprint density at radius 2 is 2.05 bits per heavy atom. The average Bonchev–Trinajstić information content (AvgIpc) is 2.45. The Morgan fingerprint density at radius 3 is 2.67 bits per heavy atom. The van der Waals surface area contributed by atoms with Gasteiger partial charge in [-0.05, 0) is 25.7 Å². The van der Waals surface area contributed by atoms with Crippen molar-refractivity contribution in [1.29, 1.82) is 0 Å². The molecule has 2 fully saturated rings. The van der Waals surface area contributed by atoms with Gasteiger partial charge in [0.15, 0.2) is 5.96 Å². The van der Waals surface area contributed by atoms with Gasteiger partial charge in [-0.2, -0.15) is 13.2 Å². The maximum Gasteiger partial charge on any atom is 0.391 e. The summed E-state index contributed by atoms with van der Waals surface area (Å²) in [6.45, 7) is 2.24. The quantitative estimate of drug-likeness (QED) is 0.592. The van der Waals surface area contributed by atoms with Gasteiger partial charge in [0.05, 0.1) is 31.3 Å². The topological polar surface area (TPSA) is 71.1 Å². The van der Waals surface area contributed by atoms with Gasteiger partial charge < -0.3 is 20.5 Å². The van der Waals surface area contributed by atoms with Gasteiger partial charge in [-0.3, -0.25) is 4.99 Å². The molecule has 0 spiro atoms. The number of aliphatic imine (C=N–C) groups is 1. The molecular weight excluding hydrogens is 287 g/mol. The van der Waals surface area contributed by atoms with E-state index in [0.717, 1.165) is 0 Å². The number of halogens is 3. The lowest BCUT2D eigenvalue weighted by atomic mass is 9.78. The lowest BCUT2D eigenvalue weighted by Gasteiger charge is -2.37. The molecule has 122 valence electrons.